The molecular formula is C17H21N3O7. The first kappa shape index (κ1) is 20.5. The third-order valence-electron chi connectivity index (χ3n) is 3.15. The Morgan fingerprint density at radius 3 is 2.37 bits per heavy atom. The first-order valence-electron chi connectivity index (χ1n) is 8.22. The van der Waals surface area contributed by atoms with E-state index in [1.54, 1.807) is 31.4 Å². The van der Waals surface area contributed by atoms with E-state index >= 15 is 0 Å². The van der Waals surface area contributed by atoms with E-state index in [9.17, 15) is 10.1 Å². The molecule has 0 fully saturated rings. The van der Waals surface area contributed by atoms with Crippen LogP contribution in [-0.2, 0) is 14.2 Å². The lowest BCUT2D eigenvalue weighted by molar-refractivity contribution is -0.402. The zero-order chi connectivity index (χ0) is 19.3. The molecule has 0 bridgehead atoms. The molecule has 2 aromatic rings. The number of hydrogen-bond donors (Lipinski definition) is 0. The van der Waals surface area contributed by atoms with Gasteiger partial charge in [-0.2, -0.15) is 0 Å². The van der Waals surface area contributed by atoms with E-state index in [1.807, 2.05) is 0 Å². The van der Waals surface area contributed by atoms with Gasteiger partial charge in [0.15, 0.2) is 0 Å². The van der Waals surface area contributed by atoms with Crippen LogP contribution in [0.25, 0.3) is 12.2 Å². The third kappa shape index (κ3) is 7.94. The van der Waals surface area contributed by atoms with Crippen LogP contribution in [0.5, 0.6) is 5.88 Å². The van der Waals surface area contributed by atoms with Gasteiger partial charge in [-0.15, -0.1) is 10.2 Å². The molecule has 0 unspecified atom stereocenters. The normalized spacial score (nSPS) is 11.1. The van der Waals surface area contributed by atoms with Crippen LogP contribution in [0.4, 0.5) is 5.88 Å². The number of rotatable bonds is 13. The van der Waals surface area contributed by atoms with Crippen LogP contribution >= 0.6 is 0 Å². The summed E-state index contributed by atoms with van der Waals surface area (Å²) in [5.74, 6) is 0.418. The molecule has 27 heavy (non-hydrogen) atoms. The Morgan fingerprint density at radius 1 is 1.00 bits per heavy atom. The molecule has 0 spiro atoms. The second-order valence-corrected chi connectivity index (χ2v) is 5.13. The maximum atomic E-state index is 10.6. The summed E-state index contributed by atoms with van der Waals surface area (Å²) in [7, 11) is 1.62. The summed E-state index contributed by atoms with van der Waals surface area (Å²) >= 11 is 0. The van der Waals surface area contributed by atoms with Crippen LogP contribution in [0, 0.1) is 10.1 Å². The molecule has 2 rings (SSSR count). The van der Waals surface area contributed by atoms with Crippen LogP contribution in [0.1, 0.15) is 11.5 Å². The maximum absolute atomic E-state index is 10.6. The van der Waals surface area contributed by atoms with Crippen molar-refractivity contribution in [3.05, 3.63) is 45.8 Å². The summed E-state index contributed by atoms with van der Waals surface area (Å²) < 4.78 is 25.9. The van der Waals surface area contributed by atoms with E-state index in [0.29, 0.717) is 57.0 Å². The summed E-state index contributed by atoms with van der Waals surface area (Å²) in [6.07, 6.45) is 3.20. The minimum atomic E-state index is -0.596. The first-order chi connectivity index (χ1) is 13.2. The van der Waals surface area contributed by atoms with Gasteiger partial charge in [-0.25, -0.2) is 0 Å². The highest BCUT2D eigenvalue weighted by molar-refractivity contribution is 5.65. The molecule has 0 aliphatic carbocycles. The predicted octanol–water partition coefficient (Wildman–Crippen LogP) is 2.21. The summed E-state index contributed by atoms with van der Waals surface area (Å²) in [5, 5.41) is 18.5. The van der Waals surface area contributed by atoms with Crippen LogP contribution in [-0.4, -0.2) is 61.9 Å². The SMILES string of the molecule is COCCOCCOCCOc1ccc(C=Cc2ccc([N+](=O)[O-])o2)nn1. The summed E-state index contributed by atoms with van der Waals surface area (Å²) in [5.41, 5.74) is 0.561. The summed E-state index contributed by atoms with van der Waals surface area (Å²) in [6.45, 7) is 2.85. The van der Waals surface area contributed by atoms with Crippen molar-refractivity contribution in [2.45, 2.75) is 0 Å². The quantitative estimate of drug-likeness (QED) is 0.293. The minimum absolute atomic E-state index is 0.312. The Bertz CT molecular complexity index is 716. The standard InChI is InChI=1S/C17H21N3O7/c1-23-8-9-24-10-11-25-12-13-26-16-6-3-14(18-19-16)2-4-15-5-7-17(27-15)20(21)22/h2-7H,8-13H2,1H3. The second-order valence-electron chi connectivity index (χ2n) is 5.13. The van der Waals surface area contributed by atoms with Gasteiger partial charge in [0.05, 0.1) is 44.8 Å². The number of hydrogen-bond acceptors (Lipinski definition) is 9. The fraction of sp³-hybridized carbons (Fsp3) is 0.412. The molecule has 0 aliphatic rings. The Labute approximate surface area is 155 Å². The van der Waals surface area contributed by atoms with Crippen molar-refractivity contribution < 1.29 is 28.3 Å². The topological polar surface area (TPSA) is 119 Å². The molecule has 10 nitrogen and oxygen atoms in total. The van der Waals surface area contributed by atoms with Gasteiger partial charge in [-0.3, -0.25) is 10.1 Å². The number of nitro groups is 1. The number of ether oxygens (including phenoxy) is 4. The number of furan rings is 1. The zero-order valence-corrected chi connectivity index (χ0v) is 14.9. The van der Waals surface area contributed by atoms with Crippen molar-refractivity contribution in [2.75, 3.05) is 46.8 Å². The van der Waals surface area contributed by atoms with Crippen LogP contribution < -0.4 is 4.74 Å². The number of aromatic nitrogens is 2. The van der Waals surface area contributed by atoms with E-state index in [1.165, 1.54) is 12.1 Å². The van der Waals surface area contributed by atoms with Gasteiger partial charge in [0.1, 0.15) is 17.3 Å². The smallest absolute Gasteiger partial charge is 0.433 e. The lowest BCUT2D eigenvalue weighted by Gasteiger charge is -2.06. The monoisotopic (exact) mass is 379 g/mol. The Kier molecular flexibility index (Phi) is 8.90. The molecule has 0 radical (unpaired) electrons. The minimum Gasteiger partial charge on any atom is -0.474 e. The molecule has 146 valence electrons. The van der Waals surface area contributed by atoms with E-state index < -0.39 is 4.92 Å². The van der Waals surface area contributed by atoms with Gasteiger partial charge < -0.3 is 23.4 Å². The van der Waals surface area contributed by atoms with E-state index in [4.69, 9.17) is 23.4 Å². The zero-order valence-electron chi connectivity index (χ0n) is 14.9. The van der Waals surface area contributed by atoms with E-state index in [-0.39, 0.29) is 5.88 Å². The summed E-state index contributed by atoms with van der Waals surface area (Å²) in [4.78, 5) is 9.96. The largest absolute Gasteiger partial charge is 0.474 e. The molecule has 0 saturated heterocycles. The fourth-order valence-corrected chi connectivity index (χ4v) is 1.86. The molecule has 10 heteroatoms. The van der Waals surface area contributed by atoms with Gasteiger partial charge in [0, 0.05) is 13.2 Å². The first-order valence-corrected chi connectivity index (χ1v) is 8.22. The van der Waals surface area contributed by atoms with Gasteiger partial charge in [0.25, 0.3) is 0 Å². The highest BCUT2D eigenvalue weighted by Gasteiger charge is 2.09. The van der Waals surface area contributed by atoms with Gasteiger partial charge in [-0.05, 0) is 24.3 Å². The molecule has 0 atom stereocenters. The average molecular weight is 379 g/mol. The van der Waals surface area contributed by atoms with E-state index in [2.05, 4.69) is 10.2 Å². The van der Waals surface area contributed by atoms with Crippen LogP contribution in [0.2, 0.25) is 0 Å². The lowest BCUT2D eigenvalue weighted by atomic mass is 10.3. The molecule has 0 aromatic carbocycles. The molecule has 0 aliphatic heterocycles. The lowest BCUT2D eigenvalue weighted by Crippen LogP contribution is -2.12. The second kappa shape index (κ2) is 11.7. The van der Waals surface area contributed by atoms with Crippen molar-refractivity contribution in [2.24, 2.45) is 0 Å². The van der Waals surface area contributed by atoms with Crippen molar-refractivity contribution in [1.82, 2.24) is 10.2 Å². The molecule has 0 N–H and O–H groups in total. The molecule has 2 aromatic heterocycles. The third-order valence-corrected chi connectivity index (χ3v) is 3.15. The molecule has 0 saturated carbocycles. The highest BCUT2D eigenvalue weighted by atomic mass is 16.6. The van der Waals surface area contributed by atoms with Crippen molar-refractivity contribution in [1.29, 1.82) is 0 Å². The van der Waals surface area contributed by atoms with Crippen molar-refractivity contribution in [3.63, 3.8) is 0 Å². The van der Waals surface area contributed by atoms with Crippen LogP contribution in [0.15, 0.2) is 28.7 Å². The molecular weight excluding hydrogens is 358 g/mol. The summed E-state index contributed by atoms with van der Waals surface area (Å²) in [6, 6.07) is 6.17. The van der Waals surface area contributed by atoms with Crippen molar-refractivity contribution >= 4 is 18.0 Å². The number of nitrogens with zero attached hydrogens (tertiary/aromatic N) is 3. The Hall–Kier alpha value is -2.82. The van der Waals surface area contributed by atoms with Gasteiger partial charge in [0.2, 0.25) is 5.88 Å². The van der Waals surface area contributed by atoms with E-state index in [0.717, 1.165) is 0 Å². The van der Waals surface area contributed by atoms with Crippen molar-refractivity contribution in [3.8, 4) is 5.88 Å². The maximum Gasteiger partial charge on any atom is 0.433 e. The number of methoxy groups -OCH3 is 1. The average Bonchev–Trinajstić information content (AvgIpc) is 3.15. The highest BCUT2D eigenvalue weighted by Crippen LogP contribution is 2.17. The van der Waals surface area contributed by atoms with Crippen LogP contribution in [0.3, 0.4) is 0 Å². The molecule has 0 amide bonds. The Balaban J connectivity index is 1.64. The fourth-order valence-electron chi connectivity index (χ4n) is 1.86. The Morgan fingerprint density at radius 2 is 1.74 bits per heavy atom. The molecule has 2 heterocycles. The predicted molar refractivity (Wildman–Crippen MR) is 95.3 cm³/mol. The van der Waals surface area contributed by atoms with Gasteiger partial charge >= 0.3 is 5.88 Å². The van der Waals surface area contributed by atoms with Gasteiger partial charge in [-0.1, -0.05) is 0 Å².